The second-order valence-electron chi connectivity index (χ2n) is 9.41. The molecule has 4 heterocycles. The van der Waals surface area contributed by atoms with Gasteiger partial charge in [-0.2, -0.15) is 5.10 Å². The molecule has 1 atom stereocenters. The number of aromatic nitrogens is 3. The fourth-order valence-electron chi connectivity index (χ4n) is 4.62. The molecule has 218 valence electrons. The Morgan fingerprint density at radius 2 is 1.91 bits per heavy atom. The first-order valence-corrected chi connectivity index (χ1v) is 15.9. The molecule has 0 fully saturated rings. The zero-order chi connectivity index (χ0) is 29.8. The van der Waals surface area contributed by atoms with Crippen LogP contribution in [0.5, 0.6) is 5.75 Å². The monoisotopic (exact) mass is 676 g/mol. The third-order valence-corrected chi connectivity index (χ3v) is 9.10. The Morgan fingerprint density at radius 3 is 2.60 bits per heavy atom. The second-order valence-corrected chi connectivity index (χ2v) is 12.2. The highest BCUT2D eigenvalue weighted by Crippen LogP contribution is 2.35. The zero-order valence-corrected chi connectivity index (χ0v) is 26.1. The number of benzene rings is 2. The lowest BCUT2D eigenvalue weighted by Crippen LogP contribution is -2.28. The van der Waals surface area contributed by atoms with E-state index in [-0.39, 0.29) is 35.9 Å². The molecule has 2 amide bonds. The first-order valence-electron chi connectivity index (χ1n) is 13.2. The number of amides is 2. The van der Waals surface area contributed by atoms with Crippen LogP contribution in [0.1, 0.15) is 39.3 Å². The minimum Gasteiger partial charge on any atom is -0.497 e. The highest BCUT2D eigenvalue weighted by atomic mass is 79.9. The minimum absolute atomic E-state index is 0.0846. The van der Waals surface area contributed by atoms with Crippen LogP contribution in [0, 0.1) is 0 Å². The number of rotatable bonds is 10. The number of carbonyl (C=O) groups is 2. The smallest absolute Gasteiger partial charge is 0.287 e. The Morgan fingerprint density at radius 1 is 1.09 bits per heavy atom. The van der Waals surface area contributed by atoms with Crippen molar-refractivity contribution >= 4 is 56.6 Å². The summed E-state index contributed by atoms with van der Waals surface area (Å²) in [5, 5.41) is 20.4. The van der Waals surface area contributed by atoms with Gasteiger partial charge in [-0.05, 0) is 65.5 Å². The topological polar surface area (TPSA) is 115 Å². The molecular weight excluding hydrogens is 652 g/mol. The van der Waals surface area contributed by atoms with Crippen molar-refractivity contribution in [2.45, 2.75) is 24.2 Å². The number of hydrogen-bond donors (Lipinski definition) is 1. The van der Waals surface area contributed by atoms with Crippen LogP contribution in [0.15, 0.2) is 104 Å². The Hall–Kier alpha value is -4.20. The number of ether oxygens (including phenoxy) is 1. The SMILES string of the molecule is COc1ccc([C@@H]2CC(c3cccs3)=NN2C(=O)CSc2nnc(CNC(=O)c3ccco3)n2-c2ccc(Br)cc2)cc1. The van der Waals surface area contributed by atoms with Crippen LogP contribution < -0.4 is 10.1 Å². The van der Waals surface area contributed by atoms with E-state index in [9.17, 15) is 9.59 Å². The van der Waals surface area contributed by atoms with E-state index in [2.05, 4.69) is 31.4 Å². The Balaban J connectivity index is 1.23. The van der Waals surface area contributed by atoms with Crippen molar-refractivity contribution in [3.63, 3.8) is 0 Å². The van der Waals surface area contributed by atoms with Gasteiger partial charge in [0, 0.05) is 16.6 Å². The lowest BCUT2D eigenvalue weighted by molar-refractivity contribution is -0.130. The number of halogens is 1. The van der Waals surface area contributed by atoms with E-state index in [0.29, 0.717) is 17.4 Å². The maximum atomic E-state index is 13.7. The van der Waals surface area contributed by atoms with Crippen molar-refractivity contribution in [2.24, 2.45) is 5.10 Å². The van der Waals surface area contributed by atoms with Crippen molar-refractivity contribution in [1.82, 2.24) is 25.1 Å². The Kier molecular flexibility index (Phi) is 8.72. The maximum Gasteiger partial charge on any atom is 0.287 e. The Labute approximate surface area is 263 Å². The number of hydrogen-bond acceptors (Lipinski definition) is 9. The van der Waals surface area contributed by atoms with Gasteiger partial charge in [0.15, 0.2) is 16.7 Å². The summed E-state index contributed by atoms with van der Waals surface area (Å²) in [6, 6.07) is 22.4. The Bertz CT molecular complexity index is 1740. The molecule has 0 spiro atoms. The lowest BCUT2D eigenvalue weighted by Gasteiger charge is -2.22. The number of furan rings is 1. The van der Waals surface area contributed by atoms with E-state index in [1.54, 1.807) is 35.6 Å². The summed E-state index contributed by atoms with van der Waals surface area (Å²) >= 11 is 6.34. The van der Waals surface area contributed by atoms with Crippen LogP contribution in [0.3, 0.4) is 0 Å². The van der Waals surface area contributed by atoms with Crippen molar-refractivity contribution in [3.05, 3.63) is 111 Å². The number of nitrogens with zero attached hydrogens (tertiary/aromatic N) is 5. The van der Waals surface area contributed by atoms with Crippen molar-refractivity contribution < 1.29 is 18.7 Å². The highest BCUT2D eigenvalue weighted by molar-refractivity contribution is 9.10. The minimum atomic E-state index is -0.363. The van der Waals surface area contributed by atoms with Crippen molar-refractivity contribution in [2.75, 3.05) is 12.9 Å². The lowest BCUT2D eigenvalue weighted by atomic mass is 10.0. The van der Waals surface area contributed by atoms with Gasteiger partial charge in [-0.15, -0.1) is 21.5 Å². The molecule has 3 aromatic heterocycles. The van der Waals surface area contributed by atoms with Crippen LogP contribution in [-0.2, 0) is 11.3 Å². The van der Waals surface area contributed by atoms with Crippen molar-refractivity contribution in [3.8, 4) is 11.4 Å². The van der Waals surface area contributed by atoms with Gasteiger partial charge in [0.05, 0.1) is 42.3 Å². The van der Waals surface area contributed by atoms with Crippen LogP contribution in [0.4, 0.5) is 0 Å². The number of methoxy groups -OCH3 is 1. The molecule has 0 unspecified atom stereocenters. The maximum absolute atomic E-state index is 13.7. The fourth-order valence-corrected chi connectivity index (χ4v) is 6.43. The molecule has 0 bridgehead atoms. The van der Waals surface area contributed by atoms with Gasteiger partial charge in [0.25, 0.3) is 11.8 Å². The average molecular weight is 678 g/mol. The summed E-state index contributed by atoms with van der Waals surface area (Å²) in [6.07, 6.45) is 2.05. The molecule has 1 N–H and O–H groups in total. The van der Waals surface area contributed by atoms with Gasteiger partial charge in [-0.3, -0.25) is 14.2 Å². The van der Waals surface area contributed by atoms with E-state index < -0.39 is 0 Å². The summed E-state index contributed by atoms with van der Waals surface area (Å²) in [7, 11) is 1.63. The predicted octanol–water partition coefficient (Wildman–Crippen LogP) is 6.09. The molecule has 0 aliphatic carbocycles. The summed E-state index contributed by atoms with van der Waals surface area (Å²) in [5.41, 5.74) is 2.64. The van der Waals surface area contributed by atoms with Gasteiger partial charge in [0.2, 0.25) is 0 Å². The standard InChI is InChI=1S/C30H25BrN6O4S2/c1-40-22-12-6-19(7-13-22)24-16-23(26-5-3-15-42-26)35-37(24)28(38)18-43-30-34-33-27(17-32-29(39)25-4-2-14-41-25)36(30)21-10-8-20(31)9-11-21/h2-15,24H,16-18H2,1H3,(H,32,39)/t24-/m0/s1. The van der Waals surface area contributed by atoms with Crippen molar-refractivity contribution in [1.29, 1.82) is 0 Å². The summed E-state index contributed by atoms with van der Waals surface area (Å²) in [5.74, 6) is 1.02. The third-order valence-electron chi connectivity index (χ3n) is 6.73. The van der Waals surface area contributed by atoms with Gasteiger partial charge >= 0.3 is 0 Å². The number of thiophene rings is 1. The number of hydrazone groups is 1. The quantitative estimate of drug-likeness (QED) is 0.178. The molecule has 0 saturated carbocycles. The summed E-state index contributed by atoms with van der Waals surface area (Å²) in [4.78, 5) is 27.3. The predicted molar refractivity (Wildman–Crippen MR) is 168 cm³/mol. The molecule has 13 heteroatoms. The van der Waals surface area contributed by atoms with Gasteiger partial charge in [-0.1, -0.05) is 45.9 Å². The summed E-state index contributed by atoms with van der Waals surface area (Å²) < 4.78 is 13.3. The van der Waals surface area contributed by atoms with E-state index in [4.69, 9.17) is 14.3 Å². The molecule has 5 aromatic rings. The van der Waals surface area contributed by atoms with Crippen LogP contribution in [0.25, 0.3) is 5.69 Å². The van der Waals surface area contributed by atoms with Crippen LogP contribution in [-0.4, -0.2) is 50.2 Å². The average Bonchev–Trinajstić information content (AvgIpc) is 3.86. The second kappa shape index (κ2) is 13.0. The summed E-state index contributed by atoms with van der Waals surface area (Å²) in [6.45, 7) is 0.108. The third kappa shape index (κ3) is 6.43. The van der Waals surface area contributed by atoms with E-state index in [0.717, 1.165) is 32.1 Å². The van der Waals surface area contributed by atoms with Crippen LogP contribution >= 0.6 is 39.0 Å². The molecule has 10 nitrogen and oxygen atoms in total. The largest absolute Gasteiger partial charge is 0.497 e. The molecule has 0 radical (unpaired) electrons. The van der Waals surface area contributed by atoms with E-state index in [1.807, 2.05) is 70.6 Å². The molecule has 43 heavy (non-hydrogen) atoms. The molecular formula is C30H25BrN6O4S2. The van der Waals surface area contributed by atoms with E-state index >= 15 is 0 Å². The molecule has 6 rings (SSSR count). The number of thioether (sulfide) groups is 1. The molecule has 1 aliphatic heterocycles. The first kappa shape index (κ1) is 28.9. The first-order chi connectivity index (χ1) is 21.0. The molecule has 0 saturated heterocycles. The molecule has 2 aromatic carbocycles. The number of nitrogens with one attached hydrogen (secondary N) is 1. The zero-order valence-electron chi connectivity index (χ0n) is 22.8. The molecule has 1 aliphatic rings. The highest BCUT2D eigenvalue weighted by Gasteiger charge is 2.33. The van der Waals surface area contributed by atoms with E-state index in [1.165, 1.54) is 18.0 Å². The fraction of sp³-hybridized carbons (Fsp3) is 0.167. The van der Waals surface area contributed by atoms with Gasteiger partial charge < -0.3 is 14.5 Å². The van der Waals surface area contributed by atoms with Crippen LogP contribution in [0.2, 0.25) is 0 Å². The normalized spacial score (nSPS) is 14.5. The number of carbonyl (C=O) groups excluding carboxylic acids is 2. The van der Waals surface area contributed by atoms with Gasteiger partial charge in [0.1, 0.15) is 5.75 Å². The van der Waals surface area contributed by atoms with Gasteiger partial charge in [-0.25, -0.2) is 5.01 Å².